The molecule has 0 saturated carbocycles. The highest BCUT2D eigenvalue weighted by Crippen LogP contribution is 2.27. The molecule has 43 heavy (non-hydrogen) atoms. The van der Waals surface area contributed by atoms with E-state index in [2.05, 4.69) is 38.6 Å². The van der Waals surface area contributed by atoms with Gasteiger partial charge in [-0.3, -0.25) is 0 Å². The Balaban J connectivity index is 1.99. The average Bonchev–Trinajstić information content (AvgIpc) is 3.38. The summed E-state index contributed by atoms with van der Waals surface area (Å²) in [6.45, 7) is 6.98. The summed E-state index contributed by atoms with van der Waals surface area (Å²) in [5.41, 5.74) is 1.49. The fraction of sp³-hybridized carbons (Fsp3) is 0.927. The fourth-order valence-electron chi connectivity index (χ4n) is 7.05. The van der Waals surface area contributed by atoms with Gasteiger partial charge in [-0.2, -0.15) is 0 Å². The van der Waals surface area contributed by atoms with Crippen molar-refractivity contribution in [1.82, 2.24) is 9.55 Å². The maximum Gasteiger partial charge on any atom is 0.108 e. The third kappa shape index (κ3) is 23.2. The Labute approximate surface area is 272 Å². The van der Waals surface area contributed by atoms with E-state index in [1.54, 1.807) is 0 Å². The minimum atomic E-state index is 0.689. The molecule has 1 aromatic heterocycles. The zero-order valence-electron chi connectivity index (χ0n) is 30.4. The largest absolute Gasteiger partial charge is 0.335 e. The summed E-state index contributed by atoms with van der Waals surface area (Å²) >= 11 is 0. The van der Waals surface area contributed by atoms with E-state index in [1.807, 2.05) is 0 Å². The molecule has 0 amide bonds. The molecule has 0 spiro atoms. The Hall–Kier alpha value is -0.790. The van der Waals surface area contributed by atoms with Gasteiger partial charge in [0, 0.05) is 31.3 Å². The van der Waals surface area contributed by atoms with E-state index in [0.29, 0.717) is 5.92 Å². The molecule has 0 aliphatic rings. The molecular weight excluding hydrogens is 520 g/mol. The van der Waals surface area contributed by atoms with Crippen LogP contribution in [-0.2, 0) is 13.5 Å². The smallest absolute Gasteiger partial charge is 0.108 e. The van der Waals surface area contributed by atoms with Crippen LogP contribution in [0.25, 0.3) is 0 Å². The normalized spacial score (nSPS) is 12.4. The molecule has 0 aliphatic carbocycles. The molecule has 0 saturated heterocycles. The van der Waals surface area contributed by atoms with Crippen LogP contribution in [0.1, 0.15) is 244 Å². The van der Waals surface area contributed by atoms with E-state index in [0.717, 1.165) is 6.42 Å². The van der Waals surface area contributed by atoms with Crippen LogP contribution in [-0.4, -0.2) is 9.55 Å². The minimum absolute atomic E-state index is 0.689. The molecule has 1 aromatic rings. The third-order valence-corrected chi connectivity index (χ3v) is 10.2. The highest BCUT2D eigenvalue weighted by Gasteiger charge is 2.15. The van der Waals surface area contributed by atoms with Crippen molar-refractivity contribution < 1.29 is 0 Å². The Bertz CT molecular complexity index is 677. The summed E-state index contributed by atoms with van der Waals surface area (Å²) in [5.74, 6) is 2.01. The molecule has 2 heteroatoms. The monoisotopic (exact) mass is 601 g/mol. The molecule has 1 atom stereocenters. The van der Waals surface area contributed by atoms with E-state index in [4.69, 9.17) is 4.98 Å². The van der Waals surface area contributed by atoms with Crippen LogP contribution in [0.2, 0.25) is 0 Å². The van der Waals surface area contributed by atoms with Gasteiger partial charge in [0.2, 0.25) is 0 Å². The average molecular weight is 601 g/mol. The third-order valence-electron chi connectivity index (χ3n) is 10.2. The van der Waals surface area contributed by atoms with Crippen LogP contribution < -0.4 is 0 Å². The first-order chi connectivity index (χ1) is 21.2. The second-order valence-electron chi connectivity index (χ2n) is 14.2. The number of aryl methyl sites for hydroxylation is 1. The summed E-state index contributed by atoms with van der Waals surface area (Å²) in [6.07, 6.45) is 49.1. The number of nitrogens with zero attached hydrogens (tertiary/aromatic N) is 2. The molecule has 1 rings (SSSR count). The molecule has 2 nitrogen and oxygen atoms in total. The molecule has 0 N–H and O–H groups in total. The number of imidazole rings is 1. The van der Waals surface area contributed by atoms with Crippen LogP contribution in [0.15, 0.2) is 6.20 Å². The summed E-state index contributed by atoms with van der Waals surface area (Å²) in [6, 6.07) is 0. The molecule has 254 valence electrons. The summed E-state index contributed by atoms with van der Waals surface area (Å²) < 4.78 is 2.45. The molecular formula is C41H80N2. The van der Waals surface area contributed by atoms with Gasteiger partial charge in [-0.25, -0.2) is 4.98 Å². The Morgan fingerprint density at radius 1 is 0.465 bits per heavy atom. The molecule has 0 fully saturated rings. The van der Waals surface area contributed by atoms with Gasteiger partial charge in [0.15, 0.2) is 0 Å². The number of hydrogen-bond donors (Lipinski definition) is 0. The fourth-order valence-corrected chi connectivity index (χ4v) is 7.05. The second-order valence-corrected chi connectivity index (χ2v) is 14.2. The summed E-state index contributed by atoms with van der Waals surface area (Å²) in [4.78, 5) is 4.87. The summed E-state index contributed by atoms with van der Waals surface area (Å²) in [7, 11) is 2.28. The summed E-state index contributed by atoms with van der Waals surface area (Å²) in [5, 5.41) is 0. The Morgan fingerprint density at radius 2 is 0.791 bits per heavy atom. The maximum atomic E-state index is 4.87. The maximum absolute atomic E-state index is 4.87. The van der Waals surface area contributed by atoms with Gasteiger partial charge in [-0.05, 0) is 19.3 Å². The Kier molecular flexibility index (Phi) is 29.2. The van der Waals surface area contributed by atoms with Crippen LogP contribution in [0.4, 0.5) is 0 Å². The number of hydrogen-bond acceptors (Lipinski definition) is 1. The number of rotatable bonds is 34. The first-order valence-electron chi connectivity index (χ1n) is 20.2. The van der Waals surface area contributed by atoms with Crippen LogP contribution in [0.5, 0.6) is 0 Å². The van der Waals surface area contributed by atoms with Gasteiger partial charge in [-0.15, -0.1) is 0 Å². The zero-order valence-corrected chi connectivity index (χ0v) is 30.4. The Morgan fingerprint density at radius 3 is 1.14 bits per heavy atom. The lowest BCUT2D eigenvalue weighted by atomic mass is 9.95. The van der Waals surface area contributed by atoms with Gasteiger partial charge < -0.3 is 4.57 Å². The van der Waals surface area contributed by atoms with Crippen molar-refractivity contribution >= 4 is 0 Å². The van der Waals surface area contributed by atoms with Gasteiger partial charge in [0.1, 0.15) is 5.82 Å². The van der Waals surface area contributed by atoms with Crippen molar-refractivity contribution in [3.05, 3.63) is 17.7 Å². The first kappa shape index (κ1) is 40.2. The predicted molar refractivity (Wildman–Crippen MR) is 194 cm³/mol. The van der Waals surface area contributed by atoms with Gasteiger partial charge in [0.25, 0.3) is 0 Å². The van der Waals surface area contributed by atoms with Crippen molar-refractivity contribution in [2.75, 3.05) is 0 Å². The first-order valence-corrected chi connectivity index (χ1v) is 20.2. The van der Waals surface area contributed by atoms with Gasteiger partial charge >= 0.3 is 0 Å². The lowest BCUT2D eigenvalue weighted by molar-refractivity contribution is 0.499. The minimum Gasteiger partial charge on any atom is -0.335 e. The lowest BCUT2D eigenvalue weighted by Crippen LogP contribution is -2.07. The van der Waals surface area contributed by atoms with Crippen LogP contribution in [0, 0.1) is 0 Å². The van der Waals surface area contributed by atoms with Crippen molar-refractivity contribution in [1.29, 1.82) is 0 Å². The van der Waals surface area contributed by atoms with E-state index < -0.39 is 0 Å². The van der Waals surface area contributed by atoms with Gasteiger partial charge in [0.05, 0.1) is 0 Å². The quantitative estimate of drug-likeness (QED) is 0.0719. The number of unbranched alkanes of at least 4 members (excludes halogenated alkanes) is 28. The van der Waals surface area contributed by atoms with Gasteiger partial charge in [-0.1, -0.05) is 207 Å². The topological polar surface area (TPSA) is 17.8 Å². The molecule has 0 radical (unpaired) electrons. The van der Waals surface area contributed by atoms with E-state index >= 15 is 0 Å². The predicted octanol–water partition coefficient (Wildman–Crippen LogP) is 14.6. The molecule has 0 aromatic carbocycles. The lowest BCUT2D eigenvalue weighted by Gasteiger charge is -2.16. The van der Waals surface area contributed by atoms with Crippen molar-refractivity contribution in [2.45, 2.75) is 239 Å². The van der Waals surface area contributed by atoms with Crippen LogP contribution >= 0.6 is 0 Å². The van der Waals surface area contributed by atoms with E-state index in [9.17, 15) is 0 Å². The van der Waals surface area contributed by atoms with Crippen molar-refractivity contribution in [3.8, 4) is 0 Å². The second kappa shape index (κ2) is 31.2. The van der Waals surface area contributed by atoms with Crippen molar-refractivity contribution in [3.63, 3.8) is 0 Å². The standard InChI is InChI=1S/C41H80N2/c1-5-8-10-12-14-16-18-20-22-24-26-28-30-32-34-36-39(7-3)40-38-42-41(43(40)4)37-35-33-31-29-27-25-23-21-19-17-15-13-11-9-6-2/h38-39H,5-37H2,1-4H3. The highest BCUT2D eigenvalue weighted by molar-refractivity contribution is 5.10. The van der Waals surface area contributed by atoms with E-state index in [-0.39, 0.29) is 0 Å². The number of aromatic nitrogens is 2. The molecule has 0 bridgehead atoms. The molecule has 1 unspecified atom stereocenters. The zero-order chi connectivity index (χ0) is 31.1. The molecule has 0 aliphatic heterocycles. The SMILES string of the molecule is CCCCCCCCCCCCCCCCCc1ncc(C(CC)CCCCCCCCCCCCCCCCC)n1C. The van der Waals surface area contributed by atoms with E-state index in [1.165, 1.54) is 217 Å². The van der Waals surface area contributed by atoms with Crippen molar-refractivity contribution in [2.24, 2.45) is 7.05 Å². The van der Waals surface area contributed by atoms with Crippen LogP contribution in [0.3, 0.4) is 0 Å². The highest BCUT2D eigenvalue weighted by atomic mass is 15.1. The molecule has 1 heterocycles.